The molecule has 1 saturated carbocycles. The van der Waals surface area contributed by atoms with Crippen molar-refractivity contribution in [2.75, 3.05) is 7.11 Å². The molecule has 2 nitrogen and oxygen atoms in total. The van der Waals surface area contributed by atoms with E-state index in [1.807, 2.05) is 7.11 Å². The third-order valence-electron chi connectivity index (χ3n) is 2.03. The van der Waals surface area contributed by atoms with E-state index in [0.29, 0.717) is 6.10 Å². The SMILES string of the molecule is C[OH+]C1CCC(O)CC1. The first-order valence-electron chi connectivity index (χ1n) is 3.60. The molecule has 2 heteroatoms. The molecule has 1 aliphatic rings. The van der Waals surface area contributed by atoms with Crippen molar-refractivity contribution in [1.29, 1.82) is 0 Å². The molecule has 1 aliphatic carbocycles. The number of hydrogen-bond donors (Lipinski definition) is 1. The standard InChI is InChI=1S/C7H14O2/c1-9-7-4-2-6(8)3-5-7/h6-8H,2-5H2,1H3/p+1. The third kappa shape index (κ3) is 1.95. The number of ether oxygens (including phenoxy) is 1. The molecule has 0 atom stereocenters. The van der Waals surface area contributed by atoms with Gasteiger partial charge in [-0.05, 0) is 12.8 Å². The maximum Gasteiger partial charge on any atom is 0.154 e. The Kier molecular flexibility index (Phi) is 2.49. The van der Waals surface area contributed by atoms with Gasteiger partial charge in [-0.3, -0.25) is 0 Å². The zero-order valence-corrected chi connectivity index (χ0v) is 5.88. The summed E-state index contributed by atoms with van der Waals surface area (Å²) in [5.74, 6) is 0. The van der Waals surface area contributed by atoms with Gasteiger partial charge in [0, 0.05) is 12.8 Å². The lowest BCUT2D eigenvalue weighted by Gasteiger charge is -2.20. The van der Waals surface area contributed by atoms with Crippen LogP contribution in [-0.2, 0) is 0 Å². The second-order valence-electron chi connectivity index (χ2n) is 2.72. The number of aliphatic hydroxyl groups is 3. The minimum Gasteiger partial charge on any atom is -0.434 e. The van der Waals surface area contributed by atoms with Gasteiger partial charge in [-0.15, -0.1) is 0 Å². The predicted octanol–water partition coefficient (Wildman–Crippen LogP) is 0.448. The van der Waals surface area contributed by atoms with Crippen molar-refractivity contribution in [3.63, 3.8) is 0 Å². The Balaban J connectivity index is 2.18. The van der Waals surface area contributed by atoms with Crippen molar-refractivity contribution < 1.29 is 9.84 Å². The first-order chi connectivity index (χ1) is 4.33. The van der Waals surface area contributed by atoms with Crippen LogP contribution in [0.3, 0.4) is 0 Å². The number of rotatable bonds is 1. The lowest BCUT2D eigenvalue weighted by atomic mass is 9.95. The predicted molar refractivity (Wildman–Crippen MR) is 36.4 cm³/mol. The molecule has 0 spiro atoms. The van der Waals surface area contributed by atoms with Crippen LogP contribution in [0.5, 0.6) is 0 Å². The van der Waals surface area contributed by atoms with Crippen molar-refractivity contribution in [2.24, 2.45) is 0 Å². The van der Waals surface area contributed by atoms with Gasteiger partial charge in [0.25, 0.3) is 0 Å². The smallest absolute Gasteiger partial charge is 0.154 e. The molecule has 2 N–H and O–H groups in total. The second-order valence-corrected chi connectivity index (χ2v) is 2.72. The second kappa shape index (κ2) is 3.18. The van der Waals surface area contributed by atoms with Gasteiger partial charge in [0.2, 0.25) is 0 Å². The minimum absolute atomic E-state index is 0.0389. The van der Waals surface area contributed by atoms with E-state index >= 15 is 0 Å². The molecule has 0 saturated heterocycles. The first kappa shape index (κ1) is 7.03. The Morgan fingerprint density at radius 2 is 1.78 bits per heavy atom. The Bertz CT molecular complexity index is 75.0. The normalized spacial score (nSPS) is 36.7. The maximum atomic E-state index is 9.08. The van der Waals surface area contributed by atoms with Crippen LogP contribution in [0.15, 0.2) is 0 Å². The van der Waals surface area contributed by atoms with Gasteiger partial charge in [-0.25, -0.2) is 0 Å². The van der Waals surface area contributed by atoms with E-state index in [1.165, 1.54) is 0 Å². The fourth-order valence-corrected chi connectivity index (χ4v) is 1.32. The molecule has 0 aliphatic heterocycles. The summed E-state index contributed by atoms with van der Waals surface area (Å²) < 4.78 is 4.17. The van der Waals surface area contributed by atoms with Gasteiger partial charge in [0.15, 0.2) is 6.10 Å². The summed E-state index contributed by atoms with van der Waals surface area (Å²) in [6.45, 7) is 0. The topological polar surface area (TPSA) is 33.0 Å². The van der Waals surface area contributed by atoms with Gasteiger partial charge in [0.1, 0.15) is 7.11 Å². The molecule has 0 radical (unpaired) electrons. The molecule has 1 rings (SSSR count). The molecule has 0 aromatic rings. The van der Waals surface area contributed by atoms with E-state index in [1.54, 1.807) is 0 Å². The average Bonchev–Trinajstić information content (AvgIpc) is 1.90. The van der Waals surface area contributed by atoms with E-state index in [2.05, 4.69) is 4.74 Å². The van der Waals surface area contributed by atoms with Gasteiger partial charge >= 0.3 is 0 Å². The van der Waals surface area contributed by atoms with Crippen LogP contribution >= 0.6 is 0 Å². The lowest BCUT2D eigenvalue weighted by molar-refractivity contribution is -0.0916. The Morgan fingerprint density at radius 3 is 2.22 bits per heavy atom. The van der Waals surface area contributed by atoms with Crippen molar-refractivity contribution in [3.05, 3.63) is 0 Å². The summed E-state index contributed by atoms with van der Waals surface area (Å²) in [6.07, 6.45) is 4.55. The summed E-state index contributed by atoms with van der Waals surface area (Å²) in [5.41, 5.74) is 0. The molecule has 0 heterocycles. The Morgan fingerprint density at radius 1 is 1.22 bits per heavy atom. The third-order valence-corrected chi connectivity index (χ3v) is 2.03. The average molecular weight is 131 g/mol. The summed E-state index contributed by atoms with van der Waals surface area (Å²) >= 11 is 0. The van der Waals surface area contributed by atoms with Gasteiger partial charge in [-0.2, -0.15) is 0 Å². The molecule has 9 heavy (non-hydrogen) atoms. The van der Waals surface area contributed by atoms with Crippen molar-refractivity contribution in [3.8, 4) is 0 Å². The van der Waals surface area contributed by atoms with E-state index in [4.69, 9.17) is 5.11 Å². The van der Waals surface area contributed by atoms with Crippen LogP contribution in [0.4, 0.5) is 0 Å². The van der Waals surface area contributed by atoms with Crippen LogP contribution < -0.4 is 0 Å². The van der Waals surface area contributed by atoms with Crippen molar-refractivity contribution >= 4 is 0 Å². The molecular formula is C7H15O2+. The molecule has 1 fully saturated rings. The highest BCUT2D eigenvalue weighted by Crippen LogP contribution is 2.18. The Hall–Kier alpha value is -0.0800. The van der Waals surface area contributed by atoms with E-state index in [-0.39, 0.29) is 6.10 Å². The van der Waals surface area contributed by atoms with E-state index < -0.39 is 0 Å². The molecular weight excluding hydrogens is 116 g/mol. The minimum atomic E-state index is -0.0389. The summed E-state index contributed by atoms with van der Waals surface area (Å²) in [7, 11) is 1.86. The van der Waals surface area contributed by atoms with Crippen LogP contribution in [0.25, 0.3) is 0 Å². The Labute approximate surface area is 55.8 Å². The van der Waals surface area contributed by atoms with Crippen molar-refractivity contribution in [2.45, 2.75) is 37.9 Å². The number of hydrogen-bond acceptors (Lipinski definition) is 1. The molecule has 0 unspecified atom stereocenters. The van der Waals surface area contributed by atoms with Crippen LogP contribution in [-0.4, -0.2) is 29.2 Å². The highest BCUT2D eigenvalue weighted by atomic mass is 16.5. The van der Waals surface area contributed by atoms with E-state index in [0.717, 1.165) is 25.7 Å². The molecule has 0 aromatic heterocycles. The highest BCUT2D eigenvalue weighted by Gasteiger charge is 2.21. The molecule has 0 bridgehead atoms. The van der Waals surface area contributed by atoms with Crippen LogP contribution in [0.2, 0.25) is 0 Å². The number of aliphatic hydroxyl groups excluding tert-OH is 1. The lowest BCUT2D eigenvalue weighted by Crippen LogP contribution is -2.25. The zero-order valence-electron chi connectivity index (χ0n) is 5.88. The summed E-state index contributed by atoms with van der Waals surface area (Å²) in [5, 5.41) is 9.08. The highest BCUT2D eigenvalue weighted by molar-refractivity contribution is 4.70. The summed E-state index contributed by atoms with van der Waals surface area (Å²) in [6, 6.07) is 0. The van der Waals surface area contributed by atoms with Gasteiger partial charge in [-0.1, -0.05) is 0 Å². The monoisotopic (exact) mass is 131 g/mol. The van der Waals surface area contributed by atoms with Gasteiger partial charge < -0.3 is 9.84 Å². The quantitative estimate of drug-likeness (QED) is 0.515. The van der Waals surface area contributed by atoms with Gasteiger partial charge in [0.05, 0.1) is 6.10 Å². The van der Waals surface area contributed by atoms with E-state index in [9.17, 15) is 0 Å². The maximum absolute atomic E-state index is 9.08. The van der Waals surface area contributed by atoms with Crippen LogP contribution in [0.1, 0.15) is 25.7 Å². The zero-order chi connectivity index (χ0) is 6.69. The fraction of sp³-hybridized carbons (Fsp3) is 1.00. The molecule has 0 amide bonds. The summed E-state index contributed by atoms with van der Waals surface area (Å²) in [4.78, 5) is 0. The van der Waals surface area contributed by atoms with Crippen molar-refractivity contribution in [1.82, 2.24) is 0 Å². The van der Waals surface area contributed by atoms with Crippen LogP contribution in [0, 0.1) is 0 Å². The molecule has 54 valence electrons. The largest absolute Gasteiger partial charge is 0.434 e. The molecule has 0 aromatic carbocycles. The first-order valence-corrected chi connectivity index (χ1v) is 3.60. The fourth-order valence-electron chi connectivity index (χ4n) is 1.32.